The summed E-state index contributed by atoms with van der Waals surface area (Å²) in [5.41, 5.74) is 6.94. The lowest BCUT2D eigenvalue weighted by molar-refractivity contribution is -0.143. The number of piperazine rings is 1. The average molecular weight is 442 g/mol. The molecule has 0 aliphatic carbocycles. The monoisotopic (exact) mass is 441 g/mol. The van der Waals surface area contributed by atoms with Crippen LogP contribution in [0, 0.1) is 22.6 Å². The molecule has 0 unspecified atom stereocenters. The van der Waals surface area contributed by atoms with E-state index in [2.05, 4.69) is 26.8 Å². The average Bonchev–Trinajstić information content (AvgIpc) is 3.44. The van der Waals surface area contributed by atoms with Gasteiger partial charge in [0, 0.05) is 25.7 Å². The van der Waals surface area contributed by atoms with Crippen LogP contribution in [0.25, 0.3) is 0 Å². The van der Waals surface area contributed by atoms with Crippen molar-refractivity contribution in [2.24, 2.45) is 11.1 Å². The molecular weight excluding hydrogens is 409 g/mol. The third kappa shape index (κ3) is 4.00. The van der Waals surface area contributed by atoms with E-state index in [4.69, 9.17) is 5.73 Å². The first-order chi connectivity index (χ1) is 15.1. The fourth-order valence-electron chi connectivity index (χ4n) is 5.66. The minimum absolute atomic E-state index is 0.0303. The van der Waals surface area contributed by atoms with Crippen molar-refractivity contribution in [3.05, 3.63) is 35.6 Å². The number of benzene rings is 1. The summed E-state index contributed by atoms with van der Waals surface area (Å²) in [6.07, 6.45) is 2.21. The van der Waals surface area contributed by atoms with Gasteiger partial charge in [0.05, 0.1) is 24.2 Å². The molecule has 3 fully saturated rings. The second-order valence-electron chi connectivity index (χ2n) is 10.4. The maximum absolute atomic E-state index is 13.5. The number of hydrogen-bond donors (Lipinski definition) is 1. The number of nitriles is 1. The van der Waals surface area contributed by atoms with Gasteiger partial charge in [-0.15, -0.1) is 0 Å². The number of rotatable bonds is 5. The van der Waals surface area contributed by atoms with Crippen LogP contribution in [0.4, 0.5) is 4.39 Å². The van der Waals surface area contributed by atoms with Gasteiger partial charge in [-0.2, -0.15) is 5.26 Å². The van der Waals surface area contributed by atoms with Crippen molar-refractivity contribution in [2.45, 2.75) is 70.2 Å². The van der Waals surface area contributed by atoms with E-state index in [9.17, 15) is 19.2 Å². The number of carbonyl (C=O) groups excluding carboxylic acids is 2. The summed E-state index contributed by atoms with van der Waals surface area (Å²) in [6, 6.07) is 7.01. The van der Waals surface area contributed by atoms with Crippen molar-refractivity contribution >= 4 is 11.8 Å². The van der Waals surface area contributed by atoms with Crippen molar-refractivity contribution in [1.29, 1.82) is 5.26 Å². The Balaban J connectivity index is 1.47. The summed E-state index contributed by atoms with van der Waals surface area (Å²) >= 11 is 0. The van der Waals surface area contributed by atoms with Crippen LogP contribution in [0.1, 0.15) is 51.6 Å². The van der Waals surface area contributed by atoms with Gasteiger partial charge in [-0.25, -0.2) is 4.39 Å². The first-order valence-electron chi connectivity index (χ1n) is 11.4. The zero-order valence-electron chi connectivity index (χ0n) is 19.0. The van der Waals surface area contributed by atoms with E-state index in [1.807, 2.05) is 9.80 Å². The Morgan fingerprint density at radius 2 is 2.00 bits per heavy atom. The minimum atomic E-state index is -0.750. The van der Waals surface area contributed by atoms with Gasteiger partial charge in [-0.05, 0) is 42.4 Å². The lowest BCUT2D eigenvalue weighted by Crippen LogP contribution is -2.57. The number of likely N-dealkylation sites (tertiary alicyclic amines) is 3. The van der Waals surface area contributed by atoms with Crippen LogP contribution in [0.5, 0.6) is 0 Å². The van der Waals surface area contributed by atoms with Crippen LogP contribution in [0.2, 0.25) is 0 Å². The van der Waals surface area contributed by atoms with E-state index < -0.39 is 12.1 Å². The molecule has 0 saturated carbocycles. The van der Waals surface area contributed by atoms with Crippen molar-refractivity contribution in [2.75, 3.05) is 19.6 Å². The Hall–Kier alpha value is -2.50. The molecule has 2 bridgehead atoms. The van der Waals surface area contributed by atoms with Crippen molar-refractivity contribution in [3.63, 3.8) is 0 Å². The highest BCUT2D eigenvalue weighted by Crippen LogP contribution is 2.45. The van der Waals surface area contributed by atoms with Gasteiger partial charge in [0.15, 0.2) is 0 Å². The highest BCUT2D eigenvalue weighted by atomic mass is 19.1. The highest BCUT2D eigenvalue weighted by molar-refractivity contribution is 5.87. The first kappa shape index (κ1) is 22.7. The van der Waals surface area contributed by atoms with E-state index in [1.54, 1.807) is 17.0 Å². The Morgan fingerprint density at radius 3 is 2.59 bits per heavy atom. The third-order valence-electron chi connectivity index (χ3n) is 7.03. The van der Waals surface area contributed by atoms with Gasteiger partial charge in [0.1, 0.15) is 11.9 Å². The van der Waals surface area contributed by atoms with E-state index >= 15 is 0 Å². The molecule has 3 saturated heterocycles. The molecule has 2 N–H and O–H groups in total. The second kappa shape index (κ2) is 8.45. The molecule has 0 aromatic heterocycles. The van der Waals surface area contributed by atoms with E-state index in [-0.39, 0.29) is 41.2 Å². The van der Waals surface area contributed by atoms with Crippen molar-refractivity contribution in [3.8, 4) is 6.07 Å². The maximum Gasteiger partial charge on any atom is 0.241 e. The van der Waals surface area contributed by atoms with E-state index in [1.165, 1.54) is 12.1 Å². The molecule has 172 valence electrons. The lowest BCUT2D eigenvalue weighted by Gasteiger charge is -2.45. The summed E-state index contributed by atoms with van der Waals surface area (Å²) < 4.78 is 13.5. The predicted molar refractivity (Wildman–Crippen MR) is 118 cm³/mol. The van der Waals surface area contributed by atoms with Crippen LogP contribution in [-0.4, -0.2) is 70.3 Å². The fraction of sp³-hybridized carbons (Fsp3) is 0.625. The molecule has 4 rings (SSSR count). The molecule has 2 amide bonds. The van der Waals surface area contributed by atoms with E-state index in [0.29, 0.717) is 32.5 Å². The zero-order valence-corrected chi connectivity index (χ0v) is 19.0. The minimum Gasteiger partial charge on any atom is -0.329 e. The van der Waals surface area contributed by atoms with Crippen LogP contribution in [0.3, 0.4) is 0 Å². The highest BCUT2D eigenvalue weighted by Gasteiger charge is 2.54. The summed E-state index contributed by atoms with van der Waals surface area (Å²) in [7, 11) is 0. The molecule has 3 heterocycles. The van der Waals surface area contributed by atoms with Crippen molar-refractivity contribution < 1.29 is 14.0 Å². The Bertz CT molecular complexity index is 922. The number of amides is 2. The molecule has 8 heteroatoms. The van der Waals surface area contributed by atoms with Gasteiger partial charge in [0.25, 0.3) is 0 Å². The van der Waals surface area contributed by atoms with Crippen molar-refractivity contribution in [1.82, 2.24) is 14.7 Å². The number of fused-ring (bicyclic) bond motifs is 2. The molecule has 7 nitrogen and oxygen atoms in total. The summed E-state index contributed by atoms with van der Waals surface area (Å²) in [5.74, 6) is -0.460. The smallest absolute Gasteiger partial charge is 0.241 e. The zero-order chi connectivity index (χ0) is 23.2. The molecular formula is C24H32FN5O2. The molecule has 0 spiro atoms. The second-order valence-corrected chi connectivity index (χ2v) is 10.4. The molecule has 3 aliphatic rings. The van der Waals surface area contributed by atoms with Gasteiger partial charge < -0.3 is 15.5 Å². The topological polar surface area (TPSA) is 93.7 Å². The largest absolute Gasteiger partial charge is 0.329 e. The quantitative estimate of drug-likeness (QED) is 0.755. The third-order valence-corrected chi connectivity index (χ3v) is 7.03. The summed E-state index contributed by atoms with van der Waals surface area (Å²) in [4.78, 5) is 31.8. The number of hydrogen-bond acceptors (Lipinski definition) is 5. The van der Waals surface area contributed by atoms with Crippen LogP contribution >= 0.6 is 0 Å². The number of nitrogens with two attached hydrogens (primary N) is 1. The number of carbonyl (C=O) groups is 2. The van der Waals surface area contributed by atoms with Crippen LogP contribution in [0.15, 0.2) is 24.3 Å². The Labute approximate surface area is 188 Å². The van der Waals surface area contributed by atoms with Gasteiger partial charge in [0.2, 0.25) is 11.8 Å². The molecule has 1 aromatic carbocycles. The number of nitrogens with zero attached hydrogens (tertiary/aromatic N) is 4. The standard InChI is InChI=1S/C24H32FN5O2/c1-24(2,3)21(15-6-8-16(25)9-7-15)30-18-11-20(23(30)32)28(13-18)14-19(27)22(31)29-10-4-5-17(29)12-26/h6-9,17-21H,4-5,10-11,13-14,27H2,1-3H3/t17-,18-,19-,20-,21-/m0/s1. The summed E-state index contributed by atoms with van der Waals surface area (Å²) in [5, 5.41) is 9.26. The van der Waals surface area contributed by atoms with Gasteiger partial charge in [-0.1, -0.05) is 32.9 Å². The Morgan fingerprint density at radius 1 is 1.31 bits per heavy atom. The van der Waals surface area contributed by atoms with Crippen LogP contribution < -0.4 is 5.73 Å². The maximum atomic E-state index is 13.5. The first-order valence-corrected chi connectivity index (χ1v) is 11.4. The number of halogens is 1. The summed E-state index contributed by atoms with van der Waals surface area (Å²) in [6.45, 7) is 7.81. The molecule has 3 aliphatic heterocycles. The van der Waals surface area contributed by atoms with Gasteiger partial charge in [-0.3, -0.25) is 14.5 Å². The lowest BCUT2D eigenvalue weighted by atomic mass is 9.80. The molecule has 32 heavy (non-hydrogen) atoms. The van der Waals surface area contributed by atoms with Crippen LogP contribution in [-0.2, 0) is 9.59 Å². The molecule has 0 radical (unpaired) electrons. The fourth-order valence-corrected chi connectivity index (χ4v) is 5.66. The van der Waals surface area contributed by atoms with Gasteiger partial charge >= 0.3 is 0 Å². The molecule has 5 atom stereocenters. The molecule has 1 aromatic rings. The predicted octanol–water partition coefficient (Wildman–Crippen LogP) is 2.04. The SMILES string of the molecule is CC(C)(C)[C@H](c1ccc(F)cc1)N1C(=O)[C@@H]2C[C@H]1CN2C[C@H](N)C(=O)N1CCC[C@H]1C#N. The Kier molecular flexibility index (Phi) is 5.99. The van der Waals surface area contributed by atoms with E-state index in [0.717, 1.165) is 12.0 Å². The normalized spacial score (nSPS) is 27.6.